The van der Waals surface area contributed by atoms with E-state index in [-0.39, 0.29) is 38.4 Å². The van der Waals surface area contributed by atoms with Crippen LogP contribution in [0.3, 0.4) is 0 Å². The fraction of sp³-hybridized carbons (Fsp3) is 0.481. The molecule has 1 unspecified atom stereocenters. The largest absolute Gasteiger partial charge is 0.359 e. The van der Waals surface area contributed by atoms with E-state index in [1.807, 2.05) is 42.3 Å². The third-order valence-electron chi connectivity index (χ3n) is 6.09. The number of Topliss-reactive ketones (excluding diaryl/α,β-unsaturated/α-hetero) is 1. The Morgan fingerprint density at radius 3 is 2.21 bits per heavy atom. The highest BCUT2D eigenvalue weighted by atomic mass is 31.2. The molecule has 3 aromatic rings. The molecule has 1 N–H and O–H groups in total. The molecule has 3 rings (SSSR count). The number of carbonyl (C=O) groups excluding carboxylic acids is 1. The quantitative estimate of drug-likeness (QED) is 0.135. The van der Waals surface area contributed by atoms with Gasteiger partial charge in [0.25, 0.3) is 0 Å². The van der Waals surface area contributed by atoms with E-state index in [1.54, 1.807) is 46.0 Å². The smallest absolute Gasteiger partial charge is 0.340 e. The van der Waals surface area contributed by atoms with Gasteiger partial charge in [-0.3, -0.25) is 13.9 Å². The molecule has 10 nitrogen and oxygen atoms in total. The van der Waals surface area contributed by atoms with E-state index in [2.05, 4.69) is 9.97 Å². The van der Waals surface area contributed by atoms with Crippen molar-refractivity contribution in [1.29, 1.82) is 0 Å². The zero-order valence-electron chi connectivity index (χ0n) is 23.3. The Hall–Kier alpha value is -2.32. The molecule has 39 heavy (non-hydrogen) atoms. The minimum absolute atomic E-state index is 0.0149. The standard InChI is InChI=1S/C27H39N3O7P2/c1-6-34-38(32,35-7-2)20-26(39(33,36-8-3)37-9-4)24-18-21-13-14-22(19-23(21)29-24)25(31)15-17-30(5)27-12-10-11-16-28-27/h10-14,16,18-19,26,29H,6-9,15,17,20H2,1-5H3. The van der Waals surface area contributed by atoms with Crippen molar-refractivity contribution in [3.8, 4) is 0 Å². The highest BCUT2D eigenvalue weighted by Gasteiger charge is 2.44. The van der Waals surface area contributed by atoms with Crippen LogP contribution in [0.25, 0.3) is 10.9 Å². The molecule has 0 radical (unpaired) electrons. The van der Waals surface area contributed by atoms with Crippen molar-refractivity contribution in [2.75, 3.05) is 51.1 Å². The van der Waals surface area contributed by atoms with Gasteiger partial charge in [-0.05, 0) is 57.3 Å². The molecule has 0 saturated carbocycles. The van der Waals surface area contributed by atoms with Gasteiger partial charge in [-0.15, -0.1) is 0 Å². The second kappa shape index (κ2) is 14.4. The van der Waals surface area contributed by atoms with Gasteiger partial charge in [0.1, 0.15) is 11.5 Å². The number of pyridine rings is 1. The third-order valence-corrected chi connectivity index (χ3v) is 11.0. The van der Waals surface area contributed by atoms with Gasteiger partial charge < -0.3 is 28.0 Å². The first-order valence-electron chi connectivity index (χ1n) is 13.2. The van der Waals surface area contributed by atoms with E-state index in [0.717, 1.165) is 11.2 Å². The maximum absolute atomic E-state index is 14.0. The summed E-state index contributed by atoms with van der Waals surface area (Å²) in [5.74, 6) is 0.782. The van der Waals surface area contributed by atoms with Crippen LogP contribution in [0.5, 0.6) is 0 Å². The Labute approximate surface area is 230 Å². The van der Waals surface area contributed by atoms with Crippen molar-refractivity contribution >= 4 is 37.7 Å². The number of fused-ring (bicyclic) bond motifs is 1. The summed E-state index contributed by atoms with van der Waals surface area (Å²) in [6.07, 6.45) is 1.84. The number of H-pyrrole nitrogens is 1. The van der Waals surface area contributed by atoms with E-state index in [1.165, 1.54) is 0 Å². The van der Waals surface area contributed by atoms with Crippen LogP contribution in [-0.4, -0.2) is 61.9 Å². The highest BCUT2D eigenvalue weighted by molar-refractivity contribution is 7.58. The topological polar surface area (TPSA) is 120 Å². The number of nitrogens with zero attached hydrogens (tertiary/aromatic N) is 2. The maximum Gasteiger partial charge on any atom is 0.340 e. The molecule has 0 spiro atoms. The lowest BCUT2D eigenvalue weighted by atomic mass is 10.1. The van der Waals surface area contributed by atoms with Gasteiger partial charge >= 0.3 is 15.2 Å². The van der Waals surface area contributed by atoms with Crippen molar-refractivity contribution in [3.05, 3.63) is 59.9 Å². The van der Waals surface area contributed by atoms with Gasteiger partial charge in [0, 0.05) is 43.0 Å². The molecular weight excluding hydrogens is 540 g/mol. The van der Waals surface area contributed by atoms with Crippen LogP contribution in [0.2, 0.25) is 0 Å². The van der Waals surface area contributed by atoms with Crippen molar-refractivity contribution in [2.24, 2.45) is 0 Å². The molecule has 0 aliphatic heterocycles. The number of carbonyl (C=O) groups is 1. The molecule has 0 bridgehead atoms. The van der Waals surface area contributed by atoms with E-state index >= 15 is 0 Å². The van der Waals surface area contributed by atoms with Crippen LogP contribution in [0.1, 0.15) is 55.8 Å². The van der Waals surface area contributed by atoms with E-state index in [9.17, 15) is 13.9 Å². The minimum Gasteiger partial charge on any atom is -0.359 e. The lowest BCUT2D eigenvalue weighted by molar-refractivity contribution is 0.0985. The number of benzene rings is 1. The lowest BCUT2D eigenvalue weighted by Crippen LogP contribution is -2.22. The SMILES string of the molecule is CCOP(=O)(CC(c1cc2ccc(C(=O)CCN(C)c3ccccn3)cc2[nH]1)P(=O)(OCC)OCC)OCC. The summed E-state index contributed by atoms with van der Waals surface area (Å²) in [6.45, 7) is 8.05. The summed E-state index contributed by atoms with van der Waals surface area (Å²) in [4.78, 5) is 22.5. The summed E-state index contributed by atoms with van der Waals surface area (Å²) in [5, 5.41) is 0.805. The molecular formula is C27H39N3O7P2. The van der Waals surface area contributed by atoms with Crippen molar-refractivity contribution in [2.45, 2.75) is 39.8 Å². The Morgan fingerprint density at radius 2 is 1.62 bits per heavy atom. The summed E-state index contributed by atoms with van der Waals surface area (Å²) in [5.41, 5.74) is 0.810. The Morgan fingerprint density at radius 1 is 0.949 bits per heavy atom. The van der Waals surface area contributed by atoms with E-state index in [4.69, 9.17) is 18.1 Å². The monoisotopic (exact) mass is 579 g/mol. The number of rotatable bonds is 17. The van der Waals surface area contributed by atoms with Crippen LogP contribution >= 0.6 is 15.2 Å². The van der Waals surface area contributed by atoms with Gasteiger partial charge in [-0.25, -0.2) is 4.98 Å². The molecule has 0 amide bonds. The predicted octanol–water partition coefficient (Wildman–Crippen LogP) is 6.85. The molecule has 0 aliphatic rings. The third kappa shape index (κ3) is 8.10. The number of aromatic amines is 1. The molecule has 12 heteroatoms. The van der Waals surface area contributed by atoms with Gasteiger partial charge in [0.2, 0.25) is 0 Å². The Kier molecular flexibility index (Phi) is 11.5. The second-order valence-electron chi connectivity index (χ2n) is 8.83. The average Bonchev–Trinajstić information content (AvgIpc) is 3.34. The maximum atomic E-state index is 14.0. The molecule has 0 saturated heterocycles. The normalized spacial score (nSPS) is 13.1. The molecule has 214 valence electrons. The van der Waals surface area contributed by atoms with Crippen molar-refractivity contribution < 1.29 is 32.0 Å². The minimum atomic E-state index is -3.77. The fourth-order valence-corrected chi connectivity index (χ4v) is 9.03. The lowest BCUT2D eigenvalue weighted by Gasteiger charge is -2.28. The van der Waals surface area contributed by atoms with E-state index in [0.29, 0.717) is 29.7 Å². The highest BCUT2D eigenvalue weighted by Crippen LogP contribution is 2.66. The summed E-state index contributed by atoms with van der Waals surface area (Å²) < 4.78 is 49.8. The Bertz CT molecular complexity index is 1300. The zero-order valence-corrected chi connectivity index (χ0v) is 25.1. The first-order chi connectivity index (χ1) is 18.7. The first kappa shape index (κ1) is 31.2. The van der Waals surface area contributed by atoms with Gasteiger partial charge in [0.15, 0.2) is 5.78 Å². The summed E-state index contributed by atoms with van der Waals surface area (Å²) in [7, 11) is -5.49. The molecule has 2 heterocycles. The first-order valence-corrected chi connectivity index (χ1v) is 16.6. The molecule has 1 atom stereocenters. The summed E-state index contributed by atoms with van der Waals surface area (Å²) in [6, 6.07) is 12.8. The number of anilines is 1. The van der Waals surface area contributed by atoms with Gasteiger partial charge in [-0.2, -0.15) is 0 Å². The van der Waals surface area contributed by atoms with Crippen LogP contribution in [-0.2, 0) is 27.2 Å². The van der Waals surface area contributed by atoms with Crippen molar-refractivity contribution in [1.82, 2.24) is 9.97 Å². The van der Waals surface area contributed by atoms with Crippen LogP contribution < -0.4 is 4.90 Å². The Balaban J connectivity index is 1.91. The molecule has 0 fully saturated rings. The number of ketones is 1. The average molecular weight is 580 g/mol. The van der Waals surface area contributed by atoms with Crippen LogP contribution in [0.15, 0.2) is 48.7 Å². The number of nitrogens with one attached hydrogen (secondary N) is 1. The molecule has 1 aromatic carbocycles. The molecule has 2 aromatic heterocycles. The van der Waals surface area contributed by atoms with E-state index < -0.39 is 20.9 Å². The van der Waals surface area contributed by atoms with Crippen LogP contribution in [0.4, 0.5) is 5.82 Å². The number of hydrogen-bond acceptors (Lipinski definition) is 9. The molecule has 0 aliphatic carbocycles. The van der Waals surface area contributed by atoms with Gasteiger partial charge in [-0.1, -0.05) is 18.2 Å². The number of aromatic nitrogens is 2. The van der Waals surface area contributed by atoms with Crippen molar-refractivity contribution in [3.63, 3.8) is 0 Å². The fourth-order valence-electron chi connectivity index (χ4n) is 4.30. The second-order valence-corrected chi connectivity index (χ2v) is 13.2. The zero-order chi connectivity index (χ0) is 28.5. The predicted molar refractivity (Wildman–Crippen MR) is 154 cm³/mol. The van der Waals surface area contributed by atoms with Crippen LogP contribution in [0, 0.1) is 0 Å². The van der Waals surface area contributed by atoms with Gasteiger partial charge in [0.05, 0.1) is 32.6 Å². The summed E-state index contributed by atoms with van der Waals surface area (Å²) >= 11 is 0. The number of hydrogen-bond donors (Lipinski definition) is 1.